The number of nitrogens with zero attached hydrogens (tertiary/aromatic N) is 1. The van der Waals surface area contributed by atoms with Gasteiger partial charge in [0.2, 0.25) is 0 Å². The maximum Gasteiger partial charge on any atom is 0.121 e. The summed E-state index contributed by atoms with van der Waals surface area (Å²) in [5.74, 6) is 0. The highest BCUT2D eigenvalue weighted by atomic mass is 16.7. The van der Waals surface area contributed by atoms with Crippen LogP contribution >= 0.6 is 0 Å². The third-order valence-corrected chi connectivity index (χ3v) is 4.27. The van der Waals surface area contributed by atoms with Gasteiger partial charge < -0.3 is 5.11 Å². The van der Waals surface area contributed by atoms with Gasteiger partial charge in [0.1, 0.15) is 5.60 Å². The summed E-state index contributed by atoms with van der Waals surface area (Å²) in [4.78, 5) is 6.18. The lowest BCUT2D eigenvalue weighted by atomic mass is 9.91. The van der Waals surface area contributed by atoms with E-state index in [-0.39, 0.29) is 12.6 Å². The molecule has 3 heteroatoms. The predicted octanol–water partition coefficient (Wildman–Crippen LogP) is 3.71. The number of hydroxylamine groups is 1. The highest BCUT2D eigenvalue weighted by Gasteiger charge is 2.45. The van der Waals surface area contributed by atoms with Crippen LogP contribution < -0.4 is 5.06 Å². The Morgan fingerprint density at radius 3 is 2.29 bits per heavy atom. The first kappa shape index (κ1) is 14.1. The molecular weight excluding hydrogens is 262 g/mol. The monoisotopic (exact) mass is 283 g/mol. The molecule has 0 aliphatic carbocycles. The highest BCUT2D eigenvalue weighted by molar-refractivity contribution is 5.47. The number of anilines is 1. The maximum atomic E-state index is 9.79. The van der Waals surface area contributed by atoms with E-state index in [9.17, 15) is 5.11 Å². The van der Waals surface area contributed by atoms with Gasteiger partial charge in [-0.15, -0.1) is 0 Å². The lowest BCUT2D eigenvalue weighted by Crippen LogP contribution is -2.34. The zero-order valence-corrected chi connectivity index (χ0v) is 12.3. The Kier molecular flexibility index (Phi) is 3.95. The molecule has 110 valence electrons. The molecule has 0 bridgehead atoms. The summed E-state index contributed by atoms with van der Waals surface area (Å²) in [6.07, 6.45) is 1.58. The molecule has 3 rings (SSSR count). The van der Waals surface area contributed by atoms with E-state index in [1.54, 1.807) is 0 Å². The summed E-state index contributed by atoms with van der Waals surface area (Å²) in [5.41, 5.74) is 1.75. The van der Waals surface area contributed by atoms with E-state index in [0.717, 1.165) is 18.5 Å². The number of rotatable bonds is 4. The van der Waals surface area contributed by atoms with Gasteiger partial charge in [-0.05, 0) is 24.1 Å². The fraction of sp³-hybridized carbons (Fsp3) is 0.333. The second-order valence-electron chi connectivity index (χ2n) is 5.58. The lowest BCUT2D eigenvalue weighted by molar-refractivity contribution is -0.0536. The van der Waals surface area contributed by atoms with Crippen molar-refractivity contribution in [3.8, 4) is 0 Å². The molecule has 21 heavy (non-hydrogen) atoms. The Hall–Kier alpha value is -1.84. The molecule has 1 N–H and O–H groups in total. The van der Waals surface area contributed by atoms with Gasteiger partial charge in [0.25, 0.3) is 0 Å². The van der Waals surface area contributed by atoms with Gasteiger partial charge in [0.05, 0.1) is 18.3 Å². The number of benzene rings is 2. The zero-order valence-electron chi connectivity index (χ0n) is 12.3. The van der Waals surface area contributed by atoms with E-state index in [0.29, 0.717) is 0 Å². The Bertz CT molecular complexity index is 517. The molecule has 0 amide bonds. The maximum absolute atomic E-state index is 9.79. The number of hydrogen-bond acceptors (Lipinski definition) is 3. The summed E-state index contributed by atoms with van der Waals surface area (Å²) in [6, 6.07) is 20.6. The van der Waals surface area contributed by atoms with Crippen molar-refractivity contribution in [3.05, 3.63) is 66.2 Å². The molecule has 0 spiro atoms. The van der Waals surface area contributed by atoms with E-state index < -0.39 is 5.60 Å². The fourth-order valence-corrected chi connectivity index (χ4v) is 2.89. The lowest BCUT2D eigenvalue weighted by Gasteiger charge is -2.27. The van der Waals surface area contributed by atoms with E-state index in [2.05, 4.69) is 19.1 Å². The van der Waals surface area contributed by atoms with Gasteiger partial charge in [-0.2, -0.15) is 0 Å². The molecule has 0 aromatic heterocycles. The van der Waals surface area contributed by atoms with Crippen molar-refractivity contribution < 1.29 is 9.94 Å². The number of aliphatic hydroxyl groups is 1. The van der Waals surface area contributed by atoms with Gasteiger partial charge in [0.15, 0.2) is 0 Å². The molecule has 1 aliphatic heterocycles. The molecule has 0 unspecified atom stereocenters. The molecule has 1 saturated heterocycles. The standard InChI is InChI=1S/C18H21NO2/c1-2-18(14-20)13-17(15-9-5-3-6-10-15)19(21-18)16-11-7-4-8-12-16/h3-12,17,20H,2,13-14H2,1H3/t17-,18+/m0/s1. The van der Waals surface area contributed by atoms with Crippen LogP contribution in [-0.2, 0) is 4.84 Å². The molecule has 1 aliphatic rings. The molecule has 0 radical (unpaired) electrons. The minimum absolute atomic E-state index is 0.0379. The first-order valence-electron chi connectivity index (χ1n) is 7.47. The molecule has 3 nitrogen and oxygen atoms in total. The van der Waals surface area contributed by atoms with Crippen LogP contribution in [0, 0.1) is 0 Å². The van der Waals surface area contributed by atoms with Crippen LogP contribution in [0.3, 0.4) is 0 Å². The van der Waals surface area contributed by atoms with Gasteiger partial charge >= 0.3 is 0 Å². The van der Waals surface area contributed by atoms with E-state index in [1.807, 2.05) is 53.6 Å². The molecule has 2 aromatic rings. The van der Waals surface area contributed by atoms with Crippen LogP contribution in [0.1, 0.15) is 31.4 Å². The minimum atomic E-state index is -0.490. The van der Waals surface area contributed by atoms with Crippen LogP contribution in [-0.4, -0.2) is 17.3 Å². The van der Waals surface area contributed by atoms with Crippen LogP contribution in [0.15, 0.2) is 60.7 Å². The summed E-state index contributed by atoms with van der Waals surface area (Å²) in [5, 5.41) is 11.7. The number of para-hydroxylation sites is 1. The summed E-state index contributed by atoms with van der Waals surface area (Å²) in [7, 11) is 0. The number of aliphatic hydroxyl groups excluding tert-OH is 1. The van der Waals surface area contributed by atoms with Crippen LogP contribution in [0.2, 0.25) is 0 Å². The van der Waals surface area contributed by atoms with Crippen molar-refractivity contribution in [1.82, 2.24) is 0 Å². The molecular formula is C18H21NO2. The van der Waals surface area contributed by atoms with E-state index in [1.165, 1.54) is 5.56 Å². The van der Waals surface area contributed by atoms with Gasteiger partial charge in [-0.25, -0.2) is 5.06 Å². The topological polar surface area (TPSA) is 32.7 Å². The average molecular weight is 283 g/mol. The fourth-order valence-electron chi connectivity index (χ4n) is 2.89. The van der Waals surface area contributed by atoms with Crippen molar-refractivity contribution in [1.29, 1.82) is 0 Å². The number of hydrogen-bond donors (Lipinski definition) is 1. The van der Waals surface area contributed by atoms with Crippen molar-refractivity contribution in [2.24, 2.45) is 0 Å². The third kappa shape index (κ3) is 2.67. The highest BCUT2D eigenvalue weighted by Crippen LogP contribution is 2.44. The Labute approximate surface area is 125 Å². The van der Waals surface area contributed by atoms with Crippen LogP contribution in [0.4, 0.5) is 5.69 Å². The van der Waals surface area contributed by atoms with Crippen molar-refractivity contribution in [3.63, 3.8) is 0 Å². The third-order valence-electron chi connectivity index (χ3n) is 4.27. The van der Waals surface area contributed by atoms with Gasteiger partial charge in [-0.3, -0.25) is 4.84 Å². The SMILES string of the molecule is CC[C@]1(CO)C[C@@H](c2ccccc2)N(c2ccccc2)O1. The average Bonchev–Trinajstić information content (AvgIpc) is 2.97. The van der Waals surface area contributed by atoms with E-state index >= 15 is 0 Å². The molecule has 2 atom stereocenters. The quantitative estimate of drug-likeness (QED) is 0.928. The first-order chi connectivity index (χ1) is 10.3. The van der Waals surface area contributed by atoms with E-state index in [4.69, 9.17) is 4.84 Å². The summed E-state index contributed by atoms with van der Waals surface area (Å²) >= 11 is 0. The molecule has 1 heterocycles. The summed E-state index contributed by atoms with van der Waals surface area (Å²) < 4.78 is 0. The Morgan fingerprint density at radius 1 is 1.10 bits per heavy atom. The second-order valence-corrected chi connectivity index (χ2v) is 5.58. The smallest absolute Gasteiger partial charge is 0.121 e. The van der Waals surface area contributed by atoms with Crippen molar-refractivity contribution >= 4 is 5.69 Å². The zero-order chi connectivity index (χ0) is 14.7. The molecule has 1 fully saturated rings. The first-order valence-corrected chi connectivity index (χ1v) is 7.47. The normalized spacial score (nSPS) is 25.2. The second kappa shape index (κ2) is 5.88. The predicted molar refractivity (Wildman–Crippen MR) is 83.9 cm³/mol. The van der Waals surface area contributed by atoms with Crippen LogP contribution in [0.25, 0.3) is 0 Å². The van der Waals surface area contributed by atoms with Crippen LogP contribution in [0.5, 0.6) is 0 Å². The summed E-state index contributed by atoms with van der Waals surface area (Å²) in [6.45, 7) is 2.10. The Morgan fingerprint density at radius 2 is 1.71 bits per heavy atom. The largest absolute Gasteiger partial charge is 0.393 e. The van der Waals surface area contributed by atoms with Gasteiger partial charge in [0, 0.05) is 6.42 Å². The molecule has 2 aromatic carbocycles. The van der Waals surface area contributed by atoms with Crippen molar-refractivity contribution in [2.75, 3.05) is 11.7 Å². The van der Waals surface area contributed by atoms with Crippen molar-refractivity contribution in [2.45, 2.75) is 31.4 Å². The Balaban J connectivity index is 1.98. The molecule has 0 saturated carbocycles. The van der Waals surface area contributed by atoms with Gasteiger partial charge in [-0.1, -0.05) is 55.5 Å². The minimum Gasteiger partial charge on any atom is -0.393 e.